The number of anilines is 1. The van der Waals surface area contributed by atoms with Crippen molar-refractivity contribution in [3.8, 4) is 11.3 Å². The first-order valence-corrected chi connectivity index (χ1v) is 13.6. The summed E-state index contributed by atoms with van der Waals surface area (Å²) in [7, 11) is -3.85. The second-order valence-corrected chi connectivity index (χ2v) is 11.3. The third-order valence-electron chi connectivity index (χ3n) is 6.79. The van der Waals surface area contributed by atoms with E-state index < -0.39 is 10.0 Å². The number of fused-ring (bicyclic) bond motifs is 1. The SMILES string of the molecule is CC(CN1Cc2cccc(NS(=O)(=O)c3ccc(-c4csnn4)cc3)c2C1=O)C1CCCC1. The van der Waals surface area contributed by atoms with Crippen molar-refractivity contribution in [1.29, 1.82) is 0 Å². The number of hydrogen-bond acceptors (Lipinski definition) is 6. The fourth-order valence-electron chi connectivity index (χ4n) is 4.97. The van der Waals surface area contributed by atoms with Crippen molar-refractivity contribution in [2.24, 2.45) is 11.8 Å². The summed E-state index contributed by atoms with van der Waals surface area (Å²) in [5.41, 5.74) is 3.16. The zero-order chi connectivity index (χ0) is 23.0. The second-order valence-electron chi connectivity index (χ2n) is 8.97. The lowest BCUT2D eigenvalue weighted by Gasteiger charge is -2.25. The van der Waals surface area contributed by atoms with Gasteiger partial charge < -0.3 is 4.90 Å². The van der Waals surface area contributed by atoms with Gasteiger partial charge in [0, 0.05) is 24.0 Å². The highest BCUT2D eigenvalue weighted by Crippen LogP contribution is 2.35. The van der Waals surface area contributed by atoms with Gasteiger partial charge >= 0.3 is 0 Å². The summed E-state index contributed by atoms with van der Waals surface area (Å²) >= 11 is 1.24. The Bertz CT molecular complexity index is 1250. The van der Waals surface area contributed by atoms with Crippen LogP contribution in [0.3, 0.4) is 0 Å². The molecule has 0 saturated heterocycles. The van der Waals surface area contributed by atoms with E-state index in [-0.39, 0.29) is 10.8 Å². The van der Waals surface area contributed by atoms with Crippen LogP contribution in [-0.2, 0) is 16.6 Å². The minimum atomic E-state index is -3.85. The van der Waals surface area contributed by atoms with Crippen molar-refractivity contribution in [3.05, 3.63) is 59.0 Å². The normalized spacial score (nSPS) is 17.4. The van der Waals surface area contributed by atoms with E-state index in [1.807, 2.05) is 11.0 Å². The van der Waals surface area contributed by atoms with Crippen molar-refractivity contribution in [3.63, 3.8) is 0 Å². The molecular formula is C24H26N4O3S2. The Morgan fingerprint density at radius 2 is 1.91 bits per heavy atom. The number of hydrogen-bond donors (Lipinski definition) is 1. The topological polar surface area (TPSA) is 92.3 Å². The number of carbonyl (C=O) groups excluding carboxylic acids is 1. The number of carbonyl (C=O) groups is 1. The van der Waals surface area contributed by atoms with Gasteiger partial charge in [-0.25, -0.2) is 8.42 Å². The number of rotatable bonds is 7. The van der Waals surface area contributed by atoms with Gasteiger partial charge in [0.05, 0.1) is 16.1 Å². The molecule has 7 nitrogen and oxygen atoms in total. The maximum atomic E-state index is 13.2. The van der Waals surface area contributed by atoms with Crippen LogP contribution >= 0.6 is 11.5 Å². The quantitative estimate of drug-likeness (QED) is 0.523. The summed E-state index contributed by atoms with van der Waals surface area (Å²) in [6, 6.07) is 11.9. The first-order chi connectivity index (χ1) is 15.9. The van der Waals surface area contributed by atoms with E-state index in [1.165, 1.54) is 49.3 Å². The fourth-order valence-corrected chi connectivity index (χ4v) is 6.51. The van der Waals surface area contributed by atoms with Crippen LogP contribution in [0.1, 0.15) is 48.5 Å². The fraction of sp³-hybridized carbons (Fsp3) is 0.375. The first kappa shape index (κ1) is 22.0. The van der Waals surface area contributed by atoms with Gasteiger partial charge in [-0.3, -0.25) is 9.52 Å². The van der Waals surface area contributed by atoms with Gasteiger partial charge in [0.1, 0.15) is 5.69 Å². The van der Waals surface area contributed by atoms with E-state index in [9.17, 15) is 13.2 Å². The summed E-state index contributed by atoms with van der Waals surface area (Å²) in [5.74, 6) is 1.01. The van der Waals surface area contributed by atoms with Crippen LogP contribution in [0.15, 0.2) is 52.7 Å². The van der Waals surface area contributed by atoms with Crippen LogP contribution in [0, 0.1) is 11.8 Å². The molecule has 1 unspecified atom stereocenters. The van der Waals surface area contributed by atoms with Crippen molar-refractivity contribution in [2.75, 3.05) is 11.3 Å². The Kier molecular flexibility index (Phi) is 5.92. The van der Waals surface area contributed by atoms with Gasteiger partial charge in [0.2, 0.25) is 0 Å². The maximum Gasteiger partial charge on any atom is 0.261 e. The average Bonchev–Trinajstić information content (AvgIpc) is 3.57. The molecule has 0 radical (unpaired) electrons. The van der Waals surface area contributed by atoms with E-state index >= 15 is 0 Å². The van der Waals surface area contributed by atoms with Gasteiger partial charge in [-0.1, -0.05) is 61.4 Å². The number of aromatic nitrogens is 2. The molecule has 1 aliphatic carbocycles. The Morgan fingerprint density at radius 1 is 1.15 bits per heavy atom. The molecule has 0 bridgehead atoms. The molecule has 2 aromatic carbocycles. The molecule has 3 aromatic rings. The number of benzene rings is 2. The molecular weight excluding hydrogens is 456 g/mol. The lowest BCUT2D eigenvalue weighted by atomic mass is 9.92. The van der Waals surface area contributed by atoms with Gasteiger partial charge in [0.25, 0.3) is 15.9 Å². The van der Waals surface area contributed by atoms with Crippen LogP contribution in [0.4, 0.5) is 5.69 Å². The van der Waals surface area contributed by atoms with E-state index in [1.54, 1.807) is 29.6 Å². The Morgan fingerprint density at radius 3 is 2.61 bits per heavy atom. The van der Waals surface area contributed by atoms with E-state index in [2.05, 4.69) is 21.2 Å². The molecule has 33 heavy (non-hydrogen) atoms. The summed E-state index contributed by atoms with van der Waals surface area (Å²) < 4.78 is 32.6. The van der Waals surface area contributed by atoms with Gasteiger partial charge in [-0.15, -0.1) is 5.10 Å². The molecule has 0 spiro atoms. The van der Waals surface area contributed by atoms with Crippen molar-refractivity contribution in [1.82, 2.24) is 14.5 Å². The molecule has 9 heteroatoms. The van der Waals surface area contributed by atoms with Crippen LogP contribution in [-0.4, -0.2) is 35.4 Å². The highest BCUT2D eigenvalue weighted by atomic mass is 32.2. The lowest BCUT2D eigenvalue weighted by Crippen LogP contribution is -2.31. The van der Waals surface area contributed by atoms with Crippen LogP contribution in [0.25, 0.3) is 11.3 Å². The minimum Gasteiger partial charge on any atom is -0.334 e. The monoisotopic (exact) mass is 482 g/mol. The number of sulfonamides is 1. The predicted molar refractivity (Wildman–Crippen MR) is 128 cm³/mol. The molecule has 1 saturated carbocycles. The second kappa shape index (κ2) is 8.87. The number of nitrogens with zero attached hydrogens (tertiary/aromatic N) is 3. The highest BCUT2D eigenvalue weighted by Gasteiger charge is 2.33. The summed E-state index contributed by atoms with van der Waals surface area (Å²) in [6.45, 7) is 3.45. The standard InChI is InChI=1S/C24H26N4O3S2/c1-16(17-5-2-3-6-17)13-28-14-19-7-4-8-21(23(19)24(28)29)26-33(30,31)20-11-9-18(10-12-20)22-15-32-27-25-22/h4,7-12,15-17,26H,2-3,5-6,13-14H2,1H3. The smallest absolute Gasteiger partial charge is 0.261 e. The molecule has 2 heterocycles. The zero-order valence-corrected chi connectivity index (χ0v) is 20.0. The molecule has 1 atom stereocenters. The van der Waals surface area contributed by atoms with Gasteiger partial charge in [0.15, 0.2) is 0 Å². The molecule has 1 fully saturated rings. The van der Waals surface area contributed by atoms with Crippen LogP contribution < -0.4 is 4.72 Å². The lowest BCUT2D eigenvalue weighted by molar-refractivity contribution is 0.0738. The van der Waals surface area contributed by atoms with E-state index in [4.69, 9.17) is 0 Å². The number of amides is 1. The largest absolute Gasteiger partial charge is 0.334 e. The number of nitrogens with one attached hydrogen (secondary N) is 1. The molecule has 1 amide bonds. The first-order valence-electron chi connectivity index (χ1n) is 11.2. The van der Waals surface area contributed by atoms with Crippen molar-refractivity contribution in [2.45, 2.75) is 44.0 Å². The van der Waals surface area contributed by atoms with Crippen molar-refractivity contribution >= 4 is 33.2 Å². The maximum absolute atomic E-state index is 13.2. The zero-order valence-electron chi connectivity index (χ0n) is 18.4. The molecule has 172 valence electrons. The summed E-state index contributed by atoms with van der Waals surface area (Å²) in [4.78, 5) is 15.2. The predicted octanol–water partition coefficient (Wildman–Crippen LogP) is 4.79. The third kappa shape index (κ3) is 4.39. The third-order valence-corrected chi connectivity index (χ3v) is 8.68. The highest BCUT2D eigenvalue weighted by molar-refractivity contribution is 7.92. The molecule has 2 aliphatic rings. The van der Waals surface area contributed by atoms with Crippen LogP contribution in [0.5, 0.6) is 0 Å². The average molecular weight is 483 g/mol. The van der Waals surface area contributed by atoms with Gasteiger partial charge in [-0.05, 0) is 47.1 Å². The van der Waals surface area contributed by atoms with E-state index in [0.717, 1.165) is 11.1 Å². The van der Waals surface area contributed by atoms with Crippen molar-refractivity contribution < 1.29 is 13.2 Å². The molecule has 1 aliphatic heterocycles. The Labute approximate surface area is 198 Å². The Balaban J connectivity index is 1.34. The molecule has 1 N–H and O–H groups in total. The summed E-state index contributed by atoms with van der Waals surface area (Å²) in [6.07, 6.45) is 5.02. The van der Waals surface area contributed by atoms with Crippen LogP contribution in [0.2, 0.25) is 0 Å². The molecule has 5 rings (SSSR count). The molecule has 1 aromatic heterocycles. The Hall–Kier alpha value is -2.78. The summed E-state index contributed by atoms with van der Waals surface area (Å²) in [5, 5.41) is 5.81. The minimum absolute atomic E-state index is 0.0977. The van der Waals surface area contributed by atoms with Gasteiger partial charge in [-0.2, -0.15) is 0 Å². The van der Waals surface area contributed by atoms with E-state index in [0.29, 0.717) is 41.9 Å².